The van der Waals surface area contributed by atoms with E-state index in [1.165, 1.54) is 19.2 Å². The average molecular weight is 253 g/mol. The zero-order valence-electron chi connectivity index (χ0n) is 11.5. The Morgan fingerprint density at radius 3 is 2.44 bits per heavy atom. The topological polar surface area (TPSA) is 38.3 Å². The van der Waals surface area contributed by atoms with E-state index in [1.54, 1.807) is 19.9 Å². The van der Waals surface area contributed by atoms with Crippen molar-refractivity contribution in [2.75, 3.05) is 12.4 Å². The number of anilines is 1. The van der Waals surface area contributed by atoms with E-state index in [0.29, 0.717) is 5.69 Å². The third-order valence-electron chi connectivity index (χ3n) is 3.21. The SMILES string of the molecule is COC(=O)C(C)(Nc1cc(C)cc(F)c1)C(C)C. The normalized spacial score (nSPS) is 14.2. The van der Waals surface area contributed by atoms with Gasteiger partial charge in [-0.1, -0.05) is 13.8 Å². The number of hydrogen-bond acceptors (Lipinski definition) is 3. The van der Waals surface area contributed by atoms with E-state index < -0.39 is 5.54 Å². The van der Waals surface area contributed by atoms with Gasteiger partial charge in [0.25, 0.3) is 0 Å². The van der Waals surface area contributed by atoms with E-state index in [0.717, 1.165) is 5.56 Å². The number of methoxy groups -OCH3 is 1. The molecule has 1 atom stereocenters. The number of benzene rings is 1. The molecule has 18 heavy (non-hydrogen) atoms. The first-order valence-corrected chi connectivity index (χ1v) is 5.93. The quantitative estimate of drug-likeness (QED) is 0.838. The highest BCUT2D eigenvalue weighted by molar-refractivity contribution is 5.84. The first-order chi connectivity index (χ1) is 8.29. The van der Waals surface area contributed by atoms with Gasteiger partial charge in [0.15, 0.2) is 0 Å². The lowest BCUT2D eigenvalue weighted by molar-refractivity contribution is -0.146. The molecule has 1 rings (SSSR count). The van der Waals surface area contributed by atoms with Crippen molar-refractivity contribution in [3.05, 3.63) is 29.6 Å². The van der Waals surface area contributed by atoms with E-state index in [9.17, 15) is 9.18 Å². The van der Waals surface area contributed by atoms with Crippen molar-refractivity contribution in [1.82, 2.24) is 0 Å². The Balaban J connectivity index is 3.07. The van der Waals surface area contributed by atoms with Gasteiger partial charge in [0.05, 0.1) is 7.11 Å². The Hall–Kier alpha value is -1.58. The minimum atomic E-state index is -0.880. The van der Waals surface area contributed by atoms with Gasteiger partial charge in [0.1, 0.15) is 11.4 Å². The van der Waals surface area contributed by atoms with Crippen LogP contribution in [0.4, 0.5) is 10.1 Å². The lowest BCUT2D eigenvalue weighted by atomic mass is 9.88. The van der Waals surface area contributed by atoms with Crippen LogP contribution in [0.25, 0.3) is 0 Å². The molecule has 0 aliphatic rings. The van der Waals surface area contributed by atoms with Crippen LogP contribution in [0.15, 0.2) is 18.2 Å². The molecule has 0 fully saturated rings. The molecule has 0 saturated carbocycles. The molecule has 4 heteroatoms. The van der Waals surface area contributed by atoms with Crippen molar-refractivity contribution >= 4 is 11.7 Å². The van der Waals surface area contributed by atoms with Crippen LogP contribution in [0, 0.1) is 18.7 Å². The molecule has 0 saturated heterocycles. The smallest absolute Gasteiger partial charge is 0.331 e. The summed E-state index contributed by atoms with van der Waals surface area (Å²) in [5, 5.41) is 3.07. The van der Waals surface area contributed by atoms with E-state index in [1.807, 2.05) is 13.8 Å². The second-order valence-corrected chi connectivity index (χ2v) is 4.99. The fourth-order valence-electron chi connectivity index (χ4n) is 1.75. The number of esters is 1. The maximum absolute atomic E-state index is 13.3. The van der Waals surface area contributed by atoms with Gasteiger partial charge >= 0.3 is 5.97 Å². The van der Waals surface area contributed by atoms with E-state index in [4.69, 9.17) is 4.74 Å². The van der Waals surface area contributed by atoms with Crippen molar-refractivity contribution in [3.63, 3.8) is 0 Å². The van der Waals surface area contributed by atoms with Gasteiger partial charge < -0.3 is 10.1 Å². The molecule has 3 nitrogen and oxygen atoms in total. The Kier molecular flexibility index (Phi) is 4.33. The first-order valence-electron chi connectivity index (χ1n) is 5.93. The molecular weight excluding hydrogens is 233 g/mol. The highest BCUT2D eigenvalue weighted by atomic mass is 19.1. The molecule has 0 radical (unpaired) electrons. The lowest BCUT2D eigenvalue weighted by Gasteiger charge is -2.32. The van der Waals surface area contributed by atoms with Crippen molar-refractivity contribution in [2.45, 2.75) is 33.2 Å². The zero-order chi connectivity index (χ0) is 13.9. The molecule has 1 N–H and O–H groups in total. The zero-order valence-corrected chi connectivity index (χ0v) is 11.5. The molecule has 0 amide bonds. The summed E-state index contributed by atoms with van der Waals surface area (Å²) in [5.41, 5.74) is 0.497. The third-order valence-corrected chi connectivity index (χ3v) is 3.21. The van der Waals surface area contributed by atoms with Crippen LogP contribution in [0.3, 0.4) is 0 Å². The molecule has 1 aromatic carbocycles. The van der Waals surface area contributed by atoms with Gasteiger partial charge in [-0.15, -0.1) is 0 Å². The highest BCUT2D eigenvalue weighted by Crippen LogP contribution is 2.25. The van der Waals surface area contributed by atoms with Crippen LogP contribution in [0.1, 0.15) is 26.3 Å². The lowest BCUT2D eigenvalue weighted by Crippen LogP contribution is -2.48. The Labute approximate surface area is 107 Å². The van der Waals surface area contributed by atoms with Gasteiger partial charge in [-0.2, -0.15) is 0 Å². The van der Waals surface area contributed by atoms with Gasteiger partial charge in [-0.3, -0.25) is 0 Å². The summed E-state index contributed by atoms with van der Waals surface area (Å²) in [4.78, 5) is 11.9. The van der Waals surface area contributed by atoms with Crippen LogP contribution in [-0.2, 0) is 9.53 Å². The summed E-state index contributed by atoms with van der Waals surface area (Å²) in [7, 11) is 1.35. The Morgan fingerprint density at radius 1 is 1.39 bits per heavy atom. The number of rotatable bonds is 4. The molecule has 1 aromatic rings. The van der Waals surface area contributed by atoms with Crippen molar-refractivity contribution in [3.8, 4) is 0 Å². The highest BCUT2D eigenvalue weighted by Gasteiger charge is 2.37. The molecule has 100 valence electrons. The minimum absolute atomic E-state index is 0.00789. The Bertz CT molecular complexity index is 425. The molecule has 0 bridgehead atoms. The molecule has 0 spiro atoms. The number of aryl methyl sites for hydroxylation is 1. The standard InChI is InChI=1S/C14H20FNO2/c1-9(2)14(4,13(17)18-5)16-12-7-10(3)6-11(15)8-12/h6-9,16H,1-5H3. The predicted octanol–water partition coefficient (Wildman–Crippen LogP) is 3.13. The fourth-order valence-corrected chi connectivity index (χ4v) is 1.75. The minimum Gasteiger partial charge on any atom is -0.467 e. The summed E-state index contributed by atoms with van der Waals surface area (Å²) in [6, 6.07) is 4.61. The van der Waals surface area contributed by atoms with Gasteiger partial charge in [-0.05, 0) is 43.5 Å². The largest absolute Gasteiger partial charge is 0.467 e. The number of hydrogen-bond donors (Lipinski definition) is 1. The Morgan fingerprint density at radius 2 is 2.00 bits per heavy atom. The maximum atomic E-state index is 13.3. The summed E-state index contributed by atoms with van der Waals surface area (Å²) < 4.78 is 18.1. The van der Waals surface area contributed by atoms with Crippen molar-refractivity contribution < 1.29 is 13.9 Å². The van der Waals surface area contributed by atoms with Crippen LogP contribution >= 0.6 is 0 Å². The molecule has 0 aliphatic heterocycles. The molecule has 0 aromatic heterocycles. The molecule has 0 aliphatic carbocycles. The fraction of sp³-hybridized carbons (Fsp3) is 0.500. The van der Waals surface area contributed by atoms with Gasteiger partial charge in [0.2, 0.25) is 0 Å². The predicted molar refractivity (Wildman–Crippen MR) is 70.0 cm³/mol. The number of carbonyl (C=O) groups is 1. The van der Waals surface area contributed by atoms with E-state index in [2.05, 4.69) is 5.32 Å². The van der Waals surface area contributed by atoms with E-state index >= 15 is 0 Å². The van der Waals surface area contributed by atoms with Gasteiger partial charge in [-0.25, -0.2) is 9.18 Å². The maximum Gasteiger partial charge on any atom is 0.331 e. The summed E-state index contributed by atoms with van der Waals surface area (Å²) in [6.45, 7) is 7.38. The van der Waals surface area contributed by atoms with Crippen molar-refractivity contribution in [2.24, 2.45) is 5.92 Å². The van der Waals surface area contributed by atoms with Crippen LogP contribution in [0.2, 0.25) is 0 Å². The van der Waals surface area contributed by atoms with E-state index in [-0.39, 0.29) is 17.7 Å². The third kappa shape index (κ3) is 3.00. The number of halogens is 1. The monoisotopic (exact) mass is 253 g/mol. The van der Waals surface area contributed by atoms with Crippen LogP contribution < -0.4 is 5.32 Å². The second-order valence-electron chi connectivity index (χ2n) is 4.99. The molecular formula is C14H20FNO2. The molecule has 0 heterocycles. The second kappa shape index (κ2) is 5.38. The number of nitrogens with one attached hydrogen (secondary N) is 1. The number of ether oxygens (including phenoxy) is 1. The molecule has 1 unspecified atom stereocenters. The summed E-state index contributed by atoms with van der Waals surface area (Å²) >= 11 is 0. The first kappa shape index (κ1) is 14.5. The summed E-state index contributed by atoms with van der Waals surface area (Å²) in [5.74, 6) is -0.679. The van der Waals surface area contributed by atoms with Crippen LogP contribution in [-0.4, -0.2) is 18.6 Å². The van der Waals surface area contributed by atoms with Crippen molar-refractivity contribution in [1.29, 1.82) is 0 Å². The summed E-state index contributed by atoms with van der Waals surface area (Å²) in [6.07, 6.45) is 0. The van der Waals surface area contributed by atoms with Gasteiger partial charge in [0, 0.05) is 5.69 Å². The van der Waals surface area contributed by atoms with Crippen LogP contribution in [0.5, 0.6) is 0 Å². The number of carbonyl (C=O) groups excluding carboxylic acids is 1. The average Bonchev–Trinajstić information content (AvgIpc) is 2.25.